The van der Waals surface area contributed by atoms with Gasteiger partial charge in [0.25, 0.3) is 0 Å². The van der Waals surface area contributed by atoms with Gasteiger partial charge in [-0.25, -0.2) is 0 Å². The summed E-state index contributed by atoms with van der Waals surface area (Å²) < 4.78 is 0. The van der Waals surface area contributed by atoms with Gasteiger partial charge in [-0.2, -0.15) is 0 Å². The summed E-state index contributed by atoms with van der Waals surface area (Å²) in [6.07, 6.45) is 16.1. The van der Waals surface area contributed by atoms with Crippen LogP contribution in [0.25, 0.3) is 22.3 Å². The fourth-order valence-corrected chi connectivity index (χ4v) is 11.0. The molecule has 8 nitrogen and oxygen atoms in total. The third-order valence-electron chi connectivity index (χ3n) is 14.4. The maximum atomic E-state index is 14.4. The van der Waals surface area contributed by atoms with Crippen LogP contribution in [-0.2, 0) is 22.6 Å². The van der Waals surface area contributed by atoms with E-state index in [2.05, 4.69) is 117 Å². The molecule has 0 bridgehead atoms. The number of rotatable bonds is 12. The van der Waals surface area contributed by atoms with Crippen LogP contribution in [0, 0.1) is 0 Å². The summed E-state index contributed by atoms with van der Waals surface area (Å²) in [6, 6.07) is 36.5. The fraction of sp³-hybridized carbons (Fsp3) is 0.407. The van der Waals surface area contributed by atoms with Crippen LogP contribution in [0.15, 0.2) is 126 Å². The van der Waals surface area contributed by atoms with Gasteiger partial charge in [0.2, 0.25) is 11.8 Å². The van der Waals surface area contributed by atoms with E-state index >= 15 is 0 Å². The van der Waals surface area contributed by atoms with Gasteiger partial charge in [-0.3, -0.25) is 29.4 Å². The van der Waals surface area contributed by atoms with Gasteiger partial charge in [-0.05, 0) is 128 Å². The van der Waals surface area contributed by atoms with Gasteiger partial charge in [0.05, 0.1) is 18.5 Å². The highest BCUT2D eigenvalue weighted by Gasteiger charge is 2.40. The first kappa shape index (κ1) is 40.6. The number of nitrogens with zero attached hydrogens (tertiary/aromatic N) is 6. The molecule has 4 saturated heterocycles. The Labute approximate surface area is 367 Å². The molecule has 0 aromatic heterocycles. The van der Waals surface area contributed by atoms with Crippen molar-refractivity contribution >= 4 is 34.4 Å². The van der Waals surface area contributed by atoms with Crippen molar-refractivity contribution < 1.29 is 9.59 Å². The summed E-state index contributed by atoms with van der Waals surface area (Å²) in [6.45, 7) is 6.79. The van der Waals surface area contributed by atoms with E-state index in [0.717, 1.165) is 120 Å². The topological polar surface area (TPSA) is 71.8 Å². The largest absolute Gasteiger partial charge is 0.334 e. The molecule has 0 aliphatic carbocycles. The predicted molar refractivity (Wildman–Crippen MR) is 251 cm³/mol. The van der Waals surface area contributed by atoms with Gasteiger partial charge < -0.3 is 9.80 Å². The van der Waals surface area contributed by atoms with E-state index in [9.17, 15) is 9.59 Å². The average Bonchev–Trinajstić information content (AvgIpc) is 4.18. The first-order valence-electron chi connectivity index (χ1n) is 23.5. The number of benzene rings is 4. The lowest BCUT2D eigenvalue weighted by Crippen LogP contribution is -2.48. The number of aliphatic imine (C=N–C) groups is 2. The van der Waals surface area contributed by atoms with Crippen molar-refractivity contribution in [2.24, 2.45) is 9.98 Å². The fourth-order valence-electron chi connectivity index (χ4n) is 11.0. The molecule has 6 heterocycles. The Balaban J connectivity index is 0.738. The number of carbonyl (C=O) groups excluding carboxylic acids is 2. The average molecular weight is 825 g/mol. The molecule has 3 atom stereocenters. The molecule has 0 saturated carbocycles. The highest BCUT2D eigenvalue weighted by molar-refractivity contribution is 6.04. The SMILES string of the molecule is O=C(Cc1ccccc1CN1CCCC1)N1CCC[C@H]1C1=NC=C(c2ccc(-c3ccc(C4=CN=C([C@@H]5CCCN5C(=O)[C@@H](c5ccccc5)N5CCCCC5)C4)cc3)cc2)C1. The lowest BCUT2D eigenvalue weighted by atomic mass is 9.94. The number of carbonyl (C=O) groups is 2. The molecular formula is C54H60N6O2. The van der Waals surface area contributed by atoms with Crippen LogP contribution in [0.5, 0.6) is 0 Å². The van der Waals surface area contributed by atoms with E-state index < -0.39 is 0 Å². The van der Waals surface area contributed by atoms with Gasteiger partial charge in [-0.15, -0.1) is 0 Å². The minimum Gasteiger partial charge on any atom is -0.334 e. The smallest absolute Gasteiger partial charge is 0.245 e. The Morgan fingerprint density at radius 3 is 1.66 bits per heavy atom. The molecule has 4 fully saturated rings. The van der Waals surface area contributed by atoms with Gasteiger partial charge in [0.1, 0.15) is 6.04 Å². The summed E-state index contributed by atoms with van der Waals surface area (Å²) in [7, 11) is 0. The van der Waals surface area contributed by atoms with Crippen LogP contribution in [0.2, 0.25) is 0 Å². The number of likely N-dealkylation sites (tertiary alicyclic amines) is 4. The van der Waals surface area contributed by atoms with Crippen LogP contribution in [-0.4, -0.2) is 94.2 Å². The maximum absolute atomic E-state index is 14.4. The maximum Gasteiger partial charge on any atom is 0.245 e. The van der Waals surface area contributed by atoms with Gasteiger partial charge in [0, 0.05) is 56.3 Å². The lowest BCUT2D eigenvalue weighted by Gasteiger charge is -2.37. The molecule has 2 amide bonds. The summed E-state index contributed by atoms with van der Waals surface area (Å²) in [4.78, 5) is 47.3. The second kappa shape index (κ2) is 18.5. The molecule has 0 unspecified atom stereocenters. The highest BCUT2D eigenvalue weighted by Crippen LogP contribution is 2.36. The van der Waals surface area contributed by atoms with Crippen LogP contribution in [0.4, 0.5) is 0 Å². The van der Waals surface area contributed by atoms with E-state index in [1.807, 2.05) is 18.5 Å². The van der Waals surface area contributed by atoms with E-state index in [0.29, 0.717) is 6.42 Å². The van der Waals surface area contributed by atoms with E-state index in [1.165, 1.54) is 58.2 Å². The highest BCUT2D eigenvalue weighted by atomic mass is 16.2. The van der Waals surface area contributed by atoms with Crippen molar-refractivity contribution in [3.05, 3.63) is 143 Å². The van der Waals surface area contributed by atoms with Crippen molar-refractivity contribution in [1.82, 2.24) is 19.6 Å². The molecule has 0 N–H and O–H groups in total. The molecule has 4 aromatic carbocycles. The zero-order valence-corrected chi connectivity index (χ0v) is 36.1. The van der Waals surface area contributed by atoms with E-state index in [-0.39, 0.29) is 29.9 Å². The summed E-state index contributed by atoms with van der Waals surface area (Å²) >= 11 is 0. The Morgan fingerprint density at radius 1 is 0.532 bits per heavy atom. The first-order valence-corrected chi connectivity index (χ1v) is 23.5. The Morgan fingerprint density at radius 2 is 1.05 bits per heavy atom. The molecular weight excluding hydrogens is 765 g/mol. The van der Waals surface area contributed by atoms with Gasteiger partial charge in [0.15, 0.2) is 0 Å². The number of hydrogen-bond donors (Lipinski definition) is 0. The zero-order valence-electron chi connectivity index (χ0n) is 36.1. The van der Waals surface area contributed by atoms with Crippen molar-refractivity contribution in [3.63, 3.8) is 0 Å². The number of piperidine rings is 1. The molecule has 6 aliphatic heterocycles. The quantitative estimate of drug-likeness (QED) is 0.143. The molecule has 4 aromatic rings. The van der Waals surface area contributed by atoms with Crippen molar-refractivity contribution in [1.29, 1.82) is 0 Å². The summed E-state index contributed by atoms with van der Waals surface area (Å²) in [5.41, 5.74) is 12.9. The zero-order chi connectivity index (χ0) is 41.8. The lowest BCUT2D eigenvalue weighted by molar-refractivity contribution is -0.137. The Kier molecular flexibility index (Phi) is 12.1. The second-order valence-electron chi connectivity index (χ2n) is 18.3. The minimum atomic E-state index is -0.225. The monoisotopic (exact) mass is 824 g/mol. The van der Waals surface area contributed by atoms with E-state index in [4.69, 9.17) is 9.98 Å². The van der Waals surface area contributed by atoms with Gasteiger partial charge >= 0.3 is 0 Å². The molecule has 0 radical (unpaired) electrons. The third kappa shape index (κ3) is 8.64. The summed E-state index contributed by atoms with van der Waals surface area (Å²) in [5.74, 6) is 0.454. The second-order valence-corrected chi connectivity index (χ2v) is 18.3. The van der Waals surface area contributed by atoms with Crippen LogP contribution in [0.3, 0.4) is 0 Å². The molecule has 318 valence electrons. The standard InChI is InChI=1S/C54H60N6O2/c61-52(35-44-15-5-6-16-45(44)38-57-27-9-10-28-57)59-31-11-17-50(59)48-33-46(36-55-48)41-23-19-39(20-24-41)40-21-25-42(26-22-40)47-34-49(56-37-47)51-18-12-32-60(51)54(62)53(43-13-3-1-4-14-43)58-29-7-2-8-30-58/h1,3-6,13-16,19-26,36-37,50-51,53H,2,7-12,17-18,27-35,38H2/t50-,51-,53+/m0/s1. The van der Waals surface area contributed by atoms with Crippen LogP contribution < -0.4 is 0 Å². The predicted octanol–water partition coefficient (Wildman–Crippen LogP) is 9.77. The number of allylic oxidation sites excluding steroid dienone is 2. The Hall–Kier alpha value is -5.44. The molecule has 62 heavy (non-hydrogen) atoms. The van der Waals surface area contributed by atoms with E-state index in [1.54, 1.807) is 0 Å². The van der Waals surface area contributed by atoms with Crippen LogP contribution in [0.1, 0.15) is 104 Å². The number of amides is 2. The summed E-state index contributed by atoms with van der Waals surface area (Å²) in [5, 5.41) is 0. The molecule has 0 spiro atoms. The first-order chi connectivity index (χ1) is 30.6. The normalized spacial score (nSPS) is 22.5. The van der Waals surface area contributed by atoms with Gasteiger partial charge in [-0.1, -0.05) is 110 Å². The van der Waals surface area contributed by atoms with Crippen molar-refractivity contribution in [2.45, 2.75) is 102 Å². The minimum absolute atomic E-state index is 0.0543. The van der Waals surface area contributed by atoms with Crippen LogP contribution >= 0.6 is 0 Å². The molecule has 6 aliphatic rings. The third-order valence-corrected chi connectivity index (χ3v) is 14.4. The molecule has 8 heteroatoms. The van der Waals surface area contributed by atoms with Crippen molar-refractivity contribution in [2.75, 3.05) is 39.3 Å². The molecule has 10 rings (SSSR count). The number of hydrogen-bond acceptors (Lipinski definition) is 6. The van der Waals surface area contributed by atoms with Crippen molar-refractivity contribution in [3.8, 4) is 11.1 Å². The Bertz CT molecular complexity index is 2370.